The van der Waals surface area contributed by atoms with Crippen molar-refractivity contribution >= 4 is 0 Å². The maximum absolute atomic E-state index is 12.5. The number of aliphatic hydroxyl groups is 1. The Morgan fingerprint density at radius 3 is 2.25 bits per heavy atom. The molecule has 0 aliphatic carbocycles. The Labute approximate surface area is 71.2 Å². The third-order valence-corrected chi connectivity index (χ3v) is 2.76. The van der Waals surface area contributed by atoms with Gasteiger partial charge in [0.15, 0.2) is 0 Å². The van der Waals surface area contributed by atoms with Crippen molar-refractivity contribution in [3.8, 4) is 0 Å². The lowest BCUT2D eigenvalue weighted by Gasteiger charge is -2.38. The van der Waals surface area contributed by atoms with Crippen molar-refractivity contribution in [2.24, 2.45) is 5.41 Å². The molecule has 1 heterocycles. The minimum Gasteiger partial charge on any atom is -0.396 e. The molecule has 0 aromatic heterocycles. The topological polar surface area (TPSA) is 23.5 Å². The monoisotopic (exact) mass is 179 g/mol. The van der Waals surface area contributed by atoms with Crippen molar-refractivity contribution in [1.29, 1.82) is 0 Å². The molecule has 0 unspecified atom stereocenters. The van der Waals surface area contributed by atoms with E-state index >= 15 is 0 Å². The van der Waals surface area contributed by atoms with Gasteiger partial charge in [0.25, 0.3) is 0 Å². The van der Waals surface area contributed by atoms with Crippen LogP contribution in [0.3, 0.4) is 0 Å². The van der Waals surface area contributed by atoms with Gasteiger partial charge in [0.05, 0.1) is 12.0 Å². The molecule has 0 atom stereocenters. The number of hydrogen-bond acceptors (Lipinski definition) is 2. The van der Waals surface area contributed by atoms with Gasteiger partial charge < -0.3 is 10.0 Å². The lowest BCUT2D eigenvalue weighted by atomic mass is 9.79. The summed E-state index contributed by atoms with van der Waals surface area (Å²) in [5, 5.41) is 8.90. The molecular formula is C8H15F2NO. The van der Waals surface area contributed by atoms with E-state index in [0.717, 1.165) is 0 Å². The molecule has 1 aliphatic heterocycles. The number of rotatable bonds is 2. The molecule has 0 radical (unpaired) electrons. The fourth-order valence-corrected chi connectivity index (χ4v) is 1.51. The van der Waals surface area contributed by atoms with Gasteiger partial charge in [-0.3, -0.25) is 0 Å². The summed E-state index contributed by atoms with van der Waals surface area (Å²) in [5.41, 5.74) is -1.12. The van der Waals surface area contributed by atoms with Gasteiger partial charge in [-0.15, -0.1) is 0 Å². The van der Waals surface area contributed by atoms with Crippen LogP contribution in [0.25, 0.3) is 0 Å². The maximum Gasteiger partial charge on any atom is 0.246 e. The third-order valence-electron chi connectivity index (χ3n) is 2.76. The van der Waals surface area contributed by atoms with Gasteiger partial charge in [0.1, 0.15) is 0 Å². The zero-order valence-electron chi connectivity index (χ0n) is 7.26. The molecule has 0 amide bonds. The van der Waals surface area contributed by atoms with E-state index in [4.69, 9.17) is 5.11 Å². The molecule has 1 rings (SSSR count). The number of hydrogen-bond donors (Lipinski definition) is 1. The minimum atomic E-state index is -2.39. The summed E-state index contributed by atoms with van der Waals surface area (Å²) in [5.74, 6) is 0. The van der Waals surface area contributed by atoms with Gasteiger partial charge in [-0.2, -0.15) is 0 Å². The highest BCUT2D eigenvalue weighted by Gasteiger charge is 2.41. The summed E-state index contributed by atoms with van der Waals surface area (Å²) in [7, 11) is 1.91. The molecular weight excluding hydrogens is 164 g/mol. The molecule has 0 aromatic rings. The average molecular weight is 179 g/mol. The lowest BCUT2D eigenvalue weighted by Crippen LogP contribution is -2.44. The summed E-state index contributed by atoms with van der Waals surface area (Å²) in [6, 6.07) is 0. The number of piperidine rings is 1. The largest absolute Gasteiger partial charge is 0.396 e. The first-order chi connectivity index (χ1) is 5.60. The summed E-state index contributed by atoms with van der Waals surface area (Å²) >= 11 is 0. The zero-order chi connectivity index (χ0) is 9.19. The number of alkyl halides is 2. The number of likely N-dealkylation sites (tertiary alicyclic amines) is 1. The van der Waals surface area contributed by atoms with Crippen LogP contribution in [0.4, 0.5) is 8.78 Å². The number of aliphatic hydroxyl groups excluding tert-OH is 1. The second kappa shape index (κ2) is 3.66. The van der Waals surface area contributed by atoms with Crippen molar-refractivity contribution in [2.75, 3.05) is 26.7 Å². The summed E-state index contributed by atoms with van der Waals surface area (Å²) in [6.07, 6.45) is -1.59. The Kier molecular flexibility index (Phi) is 3.01. The van der Waals surface area contributed by atoms with Gasteiger partial charge in [-0.25, -0.2) is 8.78 Å². The normalized spacial score (nSPS) is 24.8. The molecule has 1 saturated heterocycles. The molecule has 4 heteroatoms. The van der Waals surface area contributed by atoms with Crippen LogP contribution in [-0.2, 0) is 0 Å². The van der Waals surface area contributed by atoms with Crippen LogP contribution in [-0.4, -0.2) is 43.2 Å². The quantitative estimate of drug-likeness (QED) is 0.682. The van der Waals surface area contributed by atoms with Crippen LogP contribution in [0.5, 0.6) is 0 Å². The van der Waals surface area contributed by atoms with Gasteiger partial charge in [0.2, 0.25) is 6.43 Å². The third kappa shape index (κ3) is 1.75. The minimum absolute atomic E-state index is 0.390. The smallest absolute Gasteiger partial charge is 0.246 e. The van der Waals surface area contributed by atoms with Crippen LogP contribution < -0.4 is 0 Å². The highest BCUT2D eigenvalue weighted by atomic mass is 19.3. The van der Waals surface area contributed by atoms with Crippen molar-refractivity contribution in [2.45, 2.75) is 19.3 Å². The van der Waals surface area contributed by atoms with Crippen molar-refractivity contribution in [3.05, 3.63) is 0 Å². The van der Waals surface area contributed by atoms with E-state index in [1.54, 1.807) is 0 Å². The molecule has 12 heavy (non-hydrogen) atoms. The Hall–Kier alpha value is -0.220. The fourth-order valence-electron chi connectivity index (χ4n) is 1.51. The molecule has 0 saturated carbocycles. The maximum atomic E-state index is 12.5. The Bertz CT molecular complexity index is 144. The van der Waals surface area contributed by atoms with E-state index in [0.29, 0.717) is 25.9 Å². The predicted molar refractivity (Wildman–Crippen MR) is 42.3 cm³/mol. The Morgan fingerprint density at radius 1 is 1.42 bits per heavy atom. The van der Waals surface area contributed by atoms with Crippen LogP contribution in [0, 0.1) is 5.41 Å². The average Bonchev–Trinajstić information content (AvgIpc) is 2.06. The molecule has 2 nitrogen and oxygen atoms in total. The van der Waals surface area contributed by atoms with Crippen LogP contribution in [0.2, 0.25) is 0 Å². The number of nitrogens with zero attached hydrogens (tertiary/aromatic N) is 1. The van der Waals surface area contributed by atoms with E-state index in [9.17, 15) is 8.78 Å². The van der Waals surface area contributed by atoms with Crippen LogP contribution in [0.15, 0.2) is 0 Å². The Balaban J connectivity index is 2.57. The van der Waals surface area contributed by atoms with Crippen molar-refractivity contribution in [1.82, 2.24) is 4.90 Å². The molecule has 1 N–H and O–H groups in total. The van der Waals surface area contributed by atoms with Crippen molar-refractivity contribution < 1.29 is 13.9 Å². The van der Waals surface area contributed by atoms with Gasteiger partial charge in [-0.05, 0) is 33.0 Å². The standard InChI is InChI=1S/C8H15F2NO/c1-11-4-2-8(6-12,3-5-11)7(9)10/h7,12H,2-6H2,1H3. The Morgan fingerprint density at radius 2 is 1.92 bits per heavy atom. The second-order valence-corrected chi connectivity index (χ2v) is 3.62. The van der Waals surface area contributed by atoms with E-state index in [1.165, 1.54) is 0 Å². The highest BCUT2D eigenvalue weighted by Crippen LogP contribution is 2.36. The zero-order valence-corrected chi connectivity index (χ0v) is 7.26. The second-order valence-electron chi connectivity index (χ2n) is 3.62. The summed E-state index contributed by atoms with van der Waals surface area (Å²) < 4.78 is 25.0. The van der Waals surface area contributed by atoms with E-state index in [-0.39, 0.29) is 0 Å². The van der Waals surface area contributed by atoms with E-state index in [1.807, 2.05) is 11.9 Å². The fraction of sp³-hybridized carbons (Fsp3) is 1.00. The molecule has 0 aromatic carbocycles. The number of halogens is 2. The first-order valence-electron chi connectivity index (χ1n) is 4.18. The molecule has 72 valence electrons. The van der Waals surface area contributed by atoms with E-state index < -0.39 is 18.4 Å². The molecule has 1 aliphatic rings. The SMILES string of the molecule is CN1CCC(CO)(C(F)F)CC1. The summed E-state index contributed by atoms with van der Waals surface area (Å²) in [6.45, 7) is 0.925. The van der Waals surface area contributed by atoms with Crippen LogP contribution >= 0.6 is 0 Å². The van der Waals surface area contributed by atoms with Crippen LogP contribution in [0.1, 0.15) is 12.8 Å². The lowest BCUT2D eigenvalue weighted by molar-refractivity contribution is -0.0752. The van der Waals surface area contributed by atoms with Gasteiger partial charge in [-0.1, -0.05) is 0 Å². The highest BCUT2D eigenvalue weighted by molar-refractivity contribution is 4.86. The first kappa shape index (κ1) is 9.86. The summed E-state index contributed by atoms with van der Waals surface area (Å²) in [4.78, 5) is 2.01. The first-order valence-corrected chi connectivity index (χ1v) is 4.18. The van der Waals surface area contributed by atoms with E-state index in [2.05, 4.69) is 0 Å². The predicted octanol–water partition coefficient (Wildman–Crippen LogP) is 0.956. The van der Waals surface area contributed by atoms with Crippen molar-refractivity contribution in [3.63, 3.8) is 0 Å². The molecule has 0 bridgehead atoms. The van der Waals surface area contributed by atoms with Gasteiger partial charge >= 0.3 is 0 Å². The van der Waals surface area contributed by atoms with Gasteiger partial charge in [0, 0.05) is 0 Å². The molecule has 1 fully saturated rings. The molecule has 0 spiro atoms.